The van der Waals surface area contributed by atoms with Gasteiger partial charge < -0.3 is 0 Å². The van der Waals surface area contributed by atoms with Crippen molar-refractivity contribution in [2.75, 3.05) is 0 Å². The maximum Gasteiger partial charge on any atom is 0.282 e. The van der Waals surface area contributed by atoms with E-state index in [9.17, 15) is 9.59 Å². The van der Waals surface area contributed by atoms with Crippen LogP contribution in [0.25, 0.3) is 0 Å². The number of benzene rings is 1. The lowest BCUT2D eigenvalue weighted by Gasteiger charge is -2.15. The lowest BCUT2D eigenvalue weighted by atomic mass is 10.0. The fraction of sp³-hybridized carbons (Fsp3) is 0.304. The predicted molar refractivity (Wildman–Crippen MR) is 119 cm³/mol. The van der Waals surface area contributed by atoms with Crippen LogP contribution in [0.3, 0.4) is 0 Å². The lowest BCUT2D eigenvalue weighted by molar-refractivity contribution is 0.0938. The molecule has 4 rings (SSSR count). The molecule has 1 aromatic carbocycles. The van der Waals surface area contributed by atoms with Crippen LogP contribution >= 0.6 is 23.4 Å². The highest BCUT2D eigenvalue weighted by atomic mass is 35.5. The second-order valence-electron chi connectivity index (χ2n) is 7.49. The molecule has 7 heteroatoms. The van der Waals surface area contributed by atoms with E-state index in [0.717, 1.165) is 42.6 Å². The molecule has 0 bridgehead atoms. The number of carbonyl (C=O) groups is 2. The van der Waals surface area contributed by atoms with Crippen LogP contribution in [0.15, 0.2) is 47.8 Å². The summed E-state index contributed by atoms with van der Waals surface area (Å²) in [5, 5.41) is 0.657. The molecule has 154 valence electrons. The summed E-state index contributed by atoms with van der Waals surface area (Å²) in [6, 6.07) is 10.8. The molecule has 2 aromatic heterocycles. The van der Waals surface area contributed by atoms with Crippen molar-refractivity contribution in [3.05, 3.63) is 75.8 Å². The highest BCUT2D eigenvalue weighted by Crippen LogP contribution is 2.31. The summed E-state index contributed by atoms with van der Waals surface area (Å²) in [6.45, 7) is 3.85. The number of hydrogen-bond donors (Lipinski definition) is 0. The monoisotopic (exact) mass is 439 g/mol. The molecule has 5 nitrogen and oxygen atoms in total. The zero-order valence-electron chi connectivity index (χ0n) is 16.9. The Morgan fingerprint density at radius 2 is 1.83 bits per heavy atom. The molecule has 0 fully saturated rings. The number of halogens is 1. The molecule has 0 saturated heterocycles. The summed E-state index contributed by atoms with van der Waals surface area (Å²) in [6.07, 6.45) is 5.18. The number of carbonyl (C=O) groups excluding carboxylic acids is 2. The predicted octanol–water partition coefficient (Wildman–Crippen LogP) is 5.17. The lowest BCUT2D eigenvalue weighted by Crippen LogP contribution is -2.20. The van der Waals surface area contributed by atoms with Gasteiger partial charge in [-0.3, -0.25) is 14.2 Å². The topological polar surface area (TPSA) is 64.8 Å². The summed E-state index contributed by atoms with van der Waals surface area (Å²) >= 11 is 7.25. The number of imidazole rings is 1. The second kappa shape index (κ2) is 8.74. The van der Waals surface area contributed by atoms with Gasteiger partial charge in [-0.2, -0.15) is 0 Å². The Hall–Kier alpha value is -2.44. The van der Waals surface area contributed by atoms with E-state index in [1.54, 1.807) is 16.7 Å². The zero-order valence-corrected chi connectivity index (χ0v) is 18.5. The first-order valence-corrected chi connectivity index (χ1v) is 11.2. The van der Waals surface area contributed by atoms with Gasteiger partial charge in [-0.15, -0.1) is 0 Å². The Labute approximate surface area is 184 Å². The normalized spacial score (nSPS) is 14.2. The van der Waals surface area contributed by atoms with Crippen molar-refractivity contribution in [3.63, 3.8) is 0 Å². The Kier molecular flexibility index (Phi) is 6.06. The maximum absolute atomic E-state index is 13.3. The number of rotatable bonds is 5. The molecular weight excluding hydrogens is 418 g/mol. The number of pyridine rings is 1. The first-order valence-electron chi connectivity index (χ1n) is 9.98. The molecule has 1 aliphatic rings. The number of Topliss-reactive ketones (excluding diaryl/α,β-unsaturated/α-hetero) is 1. The van der Waals surface area contributed by atoms with Crippen LogP contribution in [0, 0.1) is 6.92 Å². The summed E-state index contributed by atoms with van der Waals surface area (Å²) in [5.74, 6) is -0.218. The number of ketones is 1. The van der Waals surface area contributed by atoms with Crippen LogP contribution < -0.4 is 0 Å². The SMILES string of the molecule is Cc1ccc(C(=O)[C@@H](C)Sc2nc3c(n2C(=O)c2ccc(Cl)cn2)CCCC3)cc1. The van der Waals surface area contributed by atoms with Crippen molar-refractivity contribution >= 4 is 35.1 Å². The molecule has 2 heterocycles. The number of thioether (sulfide) groups is 1. The molecule has 0 saturated carbocycles. The quantitative estimate of drug-likeness (QED) is 0.405. The number of aryl methyl sites for hydroxylation is 2. The van der Waals surface area contributed by atoms with Gasteiger partial charge >= 0.3 is 0 Å². The van der Waals surface area contributed by atoms with Crippen molar-refractivity contribution in [1.82, 2.24) is 14.5 Å². The molecule has 30 heavy (non-hydrogen) atoms. The third-order valence-corrected chi connectivity index (χ3v) is 6.52. The smallest absolute Gasteiger partial charge is 0.282 e. The maximum atomic E-state index is 13.3. The first kappa shape index (κ1) is 20.8. The van der Waals surface area contributed by atoms with E-state index in [1.807, 2.05) is 38.1 Å². The minimum Gasteiger partial charge on any atom is -0.293 e. The first-order chi connectivity index (χ1) is 14.4. The van der Waals surface area contributed by atoms with E-state index < -0.39 is 0 Å². The number of nitrogens with zero attached hydrogens (tertiary/aromatic N) is 3. The molecular formula is C23H22ClN3O2S. The highest BCUT2D eigenvalue weighted by molar-refractivity contribution is 8.00. The molecule has 0 radical (unpaired) electrons. The molecule has 0 aliphatic heterocycles. The minimum atomic E-state index is -0.374. The van der Waals surface area contributed by atoms with E-state index in [-0.39, 0.29) is 16.9 Å². The Morgan fingerprint density at radius 3 is 2.53 bits per heavy atom. The van der Waals surface area contributed by atoms with Gasteiger partial charge in [0.15, 0.2) is 10.9 Å². The van der Waals surface area contributed by atoms with Crippen molar-refractivity contribution in [1.29, 1.82) is 0 Å². The molecule has 0 spiro atoms. The fourth-order valence-corrected chi connectivity index (χ4v) is 4.72. The van der Waals surface area contributed by atoms with Crippen molar-refractivity contribution in [3.8, 4) is 0 Å². The van der Waals surface area contributed by atoms with Crippen molar-refractivity contribution in [2.24, 2.45) is 0 Å². The fourth-order valence-electron chi connectivity index (χ4n) is 3.59. The van der Waals surface area contributed by atoms with E-state index in [2.05, 4.69) is 4.98 Å². The second-order valence-corrected chi connectivity index (χ2v) is 9.23. The van der Waals surface area contributed by atoms with Crippen LogP contribution in [0.1, 0.15) is 57.6 Å². The van der Waals surface area contributed by atoms with Crippen LogP contribution in [0.4, 0.5) is 0 Å². The molecule has 3 aromatic rings. The van der Waals surface area contributed by atoms with Gasteiger partial charge in [0.25, 0.3) is 5.91 Å². The van der Waals surface area contributed by atoms with Crippen LogP contribution in [0.2, 0.25) is 5.02 Å². The average molecular weight is 440 g/mol. The molecule has 1 atom stereocenters. The largest absolute Gasteiger partial charge is 0.293 e. The number of aromatic nitrogens is 3. The van der Waals surface area contributed by atoms with Gasteiger partial charge in [-0.05, 0) is 51.7 Å². The third kappa shape index (κ3) is 4.20. The van der Waals surface area contributed by atoms with Crippen LogP contribution in [0.5, 0.6) is 0 Å². The standard InChI is InChI=1S/C23H22ClN3O2S/c1-14-7-9-16(10-8-14)21(28)15(2)30-23-26-18-5-3-4-6-20(18)27(23)22(29)19-12-11-17(24)13-25-19/h7-13,15H,3-6H2,1-2H3/t15-/m1/s1. The van der Waals surface area contributed by atoms with Gasteiger partial charge in [0.1, 0.15) is 5.69 Å². The minimum absolute atomic E-state index is 0.0181. The van der Waals surface area contributed by atoms with Crippen molar-refractivity contribution in [2.45, 2.75) is 49.9 Å². The van der Waals surface area contributed by atoms with E-state index in [4.69, 9.17) is 16.6 Å². The molecule has 0 amide bonds. The number of fused-ring (bicyclic) bond motifs is 1. The van der Waals surface area contributed by atoms with Crippen LogP contribution in [-0.4, -0.2) is 31.5 Å². The summed E-state index contributed by atoms with van der Waals surface area (Å²) in [7, 11) is 0. The van der Waals surface area contributed by atoms with E-state index in [1.165, 1.54) is 18.0 Å². The third-order valence-electron chi connectivity index (χ3n) is 5.24. The van der Waals surface area contributed by atoms with Crippen LogP contribution in [-0.2, 0) is 12.8 Å². The van der Waals surface area contributed by atoms with E-state index >= 15 is 0 Å². The van der Waals surface area contributed by atoms with Gasteiger partial charge in [0.05, 0.1) is 16.0 Å². The molecule has 0 N–H and O–H groups in total. The Bertz CT molecular complexity index is 1090. The Morgan fingerprint density at radius 1 is 1.10 bits per heavy atom. The highest BCUT2D eigenvalue weighted by Gasteiger charge is 2.28. The Balaban J connectivity index is 1.66. The van der Waals surface area contributed by atoms with Crippen molar-refractivity contribution < 1.29 is 9.59 Å². The number of hydrogen-bond acceptors (Lipinski definition) is 5. The summed E-state index contributed by atoms with van der Waals surface area (Å²) < 4.78 is 1.65. The molecule has 1 aliphatic carbocycles. The van der Waals surface area contributed by atoms with Gasteiger partial charge in [-0.1, -0.05) is 53.2 Å². The summed E-state index contributed by atoms with van der Waals surface area (Å²) in [4.78, 5) is 35.1. The molecule has 0 unspecified atom stereocenters. The van der Waals surface area contributed by atoms with Gasteiger partial charge in [0.2, 0.25) is 0 Å². The summed E-state index contributed by atoms with van der Waals surface area (Å²) in [5.41, 5.74) is 3.95. The van der Waals surface area contributed by atoms with Gasteiger partial charge in [0, 0.05) is 17.5 Å². The zero-order chi connectivity index (χ0) is 21.3. The van der Waals surface area contributed by atoms with Gasteiger partial charge in [-0.25, -0.2) is 9.97 Å². The average Bonchev–Trinajstić information content (AvgIpc) is 3.11. The van der Waals surface area contributed by atoms with E-state index in [0.29, 0.717) is 21.4 Å².